The zero-order chi connectivity index (χ0) is 29.0. The Hall–Kier alpha value is -5.02. The molecule has 0 unspecified atom stereocenters. The molecule has 2 heterocycles. The van der Waals surface area contributed by atoms with Crippen LogP contribution in [0.1, 0.15) is 0 Å². The lowest BCUT2D eigenvalue weighted by Crippen LogP contribution is -1.85. The van der Waals surface area contributed by atoms with Gasteiger partial charge in [-0.05, 0) is 87.0 Å². The van der Waals surface area contributed by atoms with Gasteiger partial charge in [-0.15, -0.1) is 22.7 Å². The van der Waals surface area contributed by atoms with Gasteiger partial charge in [0.25, 0.3) is 0 Å². The average Bonchev–Trinajstić information content (AvgIpc) is 3.66. The Kier molecular flexibility index (Phi) is 5.97. The van der Waals surface area contributed by atoms with E-state index in [9.17, 15) is 0 Å². The molecule has 0 atom stereocenters. The Bertz CT molecular complexity index is 2480. The van der Waals surface area contributed by atoms with Gasteiger partial charge in [0, 0.05) is 40.3 Å². The molecule has 2 aromatic heterocycles. The number of hydrogen-bond donors (Lipinski definition) is 0. The predicted molar refractivity (Wildman–Crippen MR) is 194 cm³/mol. The summed E-state index contributed by atoms with van der Waals surface area (Å²) in [6.45, 7) is 0. The van der Waals surface area contributed by atoms with E-state index in [0.717, 1.165) is 0 Å². The lowest BCUT2D eigenvalue weighted by atomic mass is 9.92. The van der Waals surface area contributed by atoms with Crippen LogP contribution in [0.5, 0.6) is 0 Å². The van der Waals surface area contributed by atoms with E-state index >= 15 is 0 Å². The molecule has 0 N–H and O–H groups in total. The third-order valence-electron chi connectivity index (χ3n) is 8.69. The van der Waals surface area contributed by atoms with Gasteiger partial charge in [-0.1, -0.05) is 115 Å². The van der Waals surface area contributed by atoms with Crippen LogP contribution in [-0.4, -0.2) is 0 Å². The van der Waals surface area contributed by atoms with Crippen LogP contribution in [0.4, 0.5) is 0 Å². The monoisotopic (exact) mass is 594 g/mol. The minimum Gasteiger partial charge on any atom is -0.135 e. The highest BCUT2D eigenvalue weighted by atomic mass is 32.1. The van der Waals surface area contributed by atoms with E-state index in [2.05, 4.69) is 158 Å². The highest BCUT2D eigenvalue weighted by molar-refractivity contribution is 7.26. The minimum atomic E-state index is 1.23. The standard InChI is InChI=1S/C42H26S2/c1-2-9-27(10-3-1)30-11-8-12-31(23-30)28-17-19-29(20-18-28)36-25-33(26-41-42(36)35-14-5-7-16-39(35)44-41)32-21-22-40-37(24-32)34-13-4-6-15-38(34)43-40/h1-26H. The molecule has 0 amide bonds. The molecule has 0 fully saturated rings. The van der Waals surface area contributed by atoms with Crippen LogP contribution in [0, 0.1) is 0 Å². The van der Waals surface area contributed by atoms with Crippen LogP contribution in [0.25, 0.3) is 84.9 Å². The smallest absolute Gasteiger partial charge is 0.0367 e. The molecular formula is C42H26S2. The van der Waals surface area contributed by atoms with Gasteiger partial charge in [0.1, 0.15) is 0 Å². The maximum atomic E-state index is 2.41. The first kappa shape index (κ1) is 25.5. The summed E-state index contributed by atoms with van der Waals surface area (Å²) >= 11 is 3.76. The molecule has 7 aromatic carbocycles. The van der Waals surface area contributed by atoms with Crippen molar-refractivity contribution in [2.24, 2.45) is 0 Å². The van der Waals surface area contributed by atoms with Crippen LogP contribution in [0.15, 0.2) is 158 Å². The fraction of sp³-hybridized carbons (Fsp3) is 0. The van der Waals surface area contributed by atoms with Crippen molar-refractivity contribution in [2.75, 3.05) is 0 Å². The third-order valence-corrected chi connectivity index (χ3v) is 11.0. The number of benzene rings is 7. The number of hydrogen-bond acceptors (Lipinski definition) is 2. The van der Waals surface area contributed by atoms with Crippen molar-refractivity contribution in [3.8, 4) is 44.5 Å². The van der Waals surface area contributed by atoms with Crippen LogP contribution in [0.2, 0.25) is 0 Å². The lowest BCUT2D eigenvalue weighted by Gasteiger charge is -2.11. The zero-order valence-electron chi connectivity index (χ0n) is 23.8. The summed E-state index contributed by atoms with van der Waals surface area (Å²) in [4.78, 5) is 0. The minimum absolute atomic E-state index is 1.23. The molecule has 0 saturated carbocycles. The molecule has 206 valence electrons. The van der Waals surface area contributed by atoms with Crippen molar-refractivity contribution >= 4 is 63.0 Å². The van der Waals surface area contributed by atoms with E-state index < -0.39 is 0 Å². The molecule has 0 radical (unpaired) electrons. The molecule has 0 spiro atoms. The number of thiophene rings is 2. The average molecular weight is 595 g/mol. The predicted octanol–water partition coefficient (Wildman–Crippen LogP) is 13.1. The molecule has 2 heteroatoms. The maximum absolute atomic E-state index is 2.41. The Morgan fingerprint density at radius 1 is 0.273 bits per heavy atom. The summed E-state index contributed by atoms with van der Waals surface area (Å²) in [6, 6.07) is 57.9. The topological polar surface area (TPSA) is 0 Å². The largest absolute Gasteiger partial charge is 0.135 e. The van der Waals surface area contributed by atoms with Gasteiger partial charge in [0.15, 0.2) is 0 Å². The zero-order valence-corrected chi connectivity index (χ0v) is 25.5. The van der Waals surface area contributed by atoms with E-state index in [-0.39, 0.29) is 0 Å². The highest BCUT2D eigenvalue weighted by Crippen LogP contribution is 2.44. The normalized spacial score (nSPS) is 11.6. The second-order valence-electron chi connectivity index (χ2n) is 11.3. The molecule has 0 bridgehead atoms. The fourth-order valence-electron chi connectivity index (χ4n) is 6.51. The Morgan fingerprint density at radius 2 is 0.818 bits per heavy atom. The highest BCUT2D eigenvalue weighted by Gasteiger charge is 2.15. The molecule has 0 aliphatic carbocycles. The molecule has 9 rings (SSSR count). The van der Waals surface area contributed by atoms with Gasteiger partial charge in [-0.3, -0.25) is 0 Å². The summed E-state index contributed by atoms with van der Waals surface area (Å²) in [6.07, 6.45) is 0. The maximum Gasteiger partial charge on any atom is 0.0367 e. The van der Waals surface area contributed by atoms with Crippen LogP contribution >= 0.6 is 22.7 Å². The lowest BCUT2D eigenvalue weighted by molar-refractivity contribution is 1.58. The fourth-order valence-corrected chi connectivity index (χ4v) is 8.76. The van der Waals surface area contributed by atoms with E-state index in [0.29, 0.717) is 0 Å². The van der Waals surface area contributed by atoms with Gasteiger partial charge in [0.05, 0.1) is 0 Å². The Balaban J connectivity index is 1.19. The first-order valence-corrected chi connectivity index (χ1v) is 16.6. The first-order valence-electron chi connectivity index (χ1n) is 14.9. The number of rotatable bonds is 4. The Labute approximate surface area is 264 Å². The molecular weight excluding hydrogens is 569 g/mol. The second kappa shape index (κ2) is 10.3. The molecule has 0 aliphatic rings. The van der Waals surface area contributed by atoms with Gasteiger partial charge in [-0.25, -0.2) is 0 Å². The van der Waals surface area contributed by atoms with Crippen molar-refractivity contribution in [3.63, 3.8) is 0 Å². The molecule has 0 aliphatic heterocycles. The quantitative estimate of drug-likeness (QED) is 0.190. The molecule has 9 aromatic rings. The van der Waals surface area contributed by atoms with Crippen molar-refractivity contribution in [1.29, 1.82) is 0 Å². The second-order valence-corrected chi connectivity index (χ2v) is 13.5. The summed E-state index contributed by atoms with van der Waals surface area (Å²) < 4.78 is 5.34. The van der Waals surface area contributed by atoms with Crippen molar-refractivity contribution in [2.45, 2.75) is 0 Å². The molecule has 0 nitrogen and oxygen atoms in total. The third kappa shape index (κ3) is 4.26. The van der Waals surface area contributed by atoms with Gasteiger partial charge < -0.3 is 0 Å². The van der Waals surface area contributed by atoms with Gasteiger partial charge in [0.2, 0.25) is 0 Å². The summed E-state index contributed by atoms with van der Waals surface area (Å²) in [5.41, 5.74) is 9.98. The summed E-state index contributed by atoms with van der Waals surface area (Å²) in [5.74, 6) is 0. The van der Waals surface area contributed by atoms with Crippen molar-refractivity contribution in [3.05, 3.63) is 158 Å². The van der Waals surface area contributed by atoms with Crippen LogP contribution in [-0.2, 0) is 0 Å². The SMILES string of the molecule is c1ccc(-c2cccc(-c3ccc(-c4cc(-c5ccc6sc7ccccc7c6c5)cc5sc6ccccc6c45)cc3)c2)cc1. The first-order chi connectivity index (χ1) is 21.8. The van der Waals surface area contributed by atoms with Crippen LogP contribution in [0.3, 0.4) is 0 Å². The Morgan fingerprint density at radius 3 is 1.61 bits per heavy atom. The van der Waals surface area contributed by atoms with E-state index in [1.54, 1.807) is 0 Å². The summed E-state index contributed by atoms with van der Waals surface area (Å²) in [7, 11) is 0. The van der Waals surface area contributed by atoms with E-state index in [1.165, 1.54) is 84.9 Å². The van der Waals surface area contributed by atoms with Crippen molar-refractivity contribution in [1.82, 2.24) is 0 Å². The van der Waals surface area contributed by atoms with Gasteiger partial charge in [-0.2, -0.15) is 0 Å². The molecule has 0 saturated heterocycles. The van der Waals surface area contributed by atoms with Gasteiger partial charge >= 0.3 is 0 Å². The van der Waals surface area contributed by atoms with Crippen LogP contribution < -0.4 is 0 Å². The van der Waals surface area contributed by atoms with E-state index in [4.69, 9.17) is 0 Å². The van der Waals surface area contributed by atoms with E-state index in [1.807, 2.05) is 22.7 Å². The molecule has 44 heavy (non-hydrogen) atoms. The number of fused-ring (bicyclic) bond motifs is 6. The summed E-state index contributed by atoms with van der Waals surface area (Å²) in [5, 5.41) is 5.34. The van der Waals surface area contributed by atoms with Crippen molar-refractivity contribution < 1.29 is 0 Å².